The Morgan fingerprint density at radius 1 is 1.56 bits per heavy atom. The van der Waals surface area contributed by atoms with Crippen molar-refractivity contribution in [2.75, 3.05) is 19.1 Å². The van der Waals surface area contributed by atoms with Crippen LogP contribution in [0, 0.1) is 0 Å². The zero-order valence-electron chi connectivity index (χ0n) is 8.91. The van der Waals surface area contributed by atoms with E-state index in [2.05, 4.69) is 17.1 Å². The van der Waals surface area contributed by atoms with Crippen LogP contribution in [0.3, 0.4) is 0 Å². The largest absolute Gasteiger partial charge is 0.429 e. The molecule has 0 saturated carbocycles. The molecule has 0 aliphatic carbocycles. The van der Waals surface area contributed by atoms with Crippen molar-refractivity contribution in [3.8, 4) is 0 Å². The minimum Gasteiger partial charge on any atom is -0.301 e. The summed E-state index contributed by atoms with van der Waals surface area (Å²) in [6, 6.07) is -1.41. The van der Waals surface area contributed by atoms with Gasteiger partial charge in [0, 0.05) is 11.8 Å². The third-order valence-electron chi connectivity index (χ3n) is 2.55. The molecule has 92 valence electrons. The highest BCUT2D eigenvalue weighted by Gasteiger charge is 2.60. The number of nitrogens with zero attached hydrogens (tertiary/aromatic N) is 1. The highest BCUT2D eigenvalue weighted by molar-refractivity contribution is 8.06. The van der Waals surface area contributed by atoms with E-state index in [1.807, 2.05) is 6.26 Å². The van der Waals surface area contributed by atoms with Crippen LogP contribution in [0.4, 0.5) is 4.79 Å². The fraction of sp³-hybridized carbons (Fsp3) is 0.714. The Balaban J connectivity index is 2.95. The lowest BCUT2D eigenvalue weighted by atomic mass is 10.2. The average Bonchev–Trinajstić information content (AvgIpc) is 2.40. The van der Waals surface area contributed by atoms with Crippen molar-refractivity contribution in [3.63, 3.8) is 0 Å². The van der Waals surface area contributed by atoms with Crippen LogP contribution >= 0.6 is 18.4 Å². The average molecular weight is 285 g/mol. The fourth-order valence-corrected chi connectivity index (χ4v) is 3.04. The molecule has 2 unspecified atom stereocenters. The highest BCUT2D eigenvalue weighted by Crippen LogP contribution is 2.49. The molecule has 16 heavy (non-hydrogen) atoms. The summed E-state index contributed by atoms with van der Waals surface area (Å²) in [6.45, 7) is -4.00. The summed E-state index contributed by atoms with van der Waals surface area (Å²) in [4.78, 5) is 42.4. The molecular formula is C7H14N2O4PS2+. The third kappa shape index (κ3) is 2.18. The summed E-state index contributed by atoms with van der Waals surface area (Å²) >= 11 is 6.03. The van der Waals surface area contributed by atoms with E-state index in [4.69, 9.17) is 0 Å². The first-order valence-electron chi connectivity index (χ1n) is 4.52. The number of urea groups is 1. The maximum atomic E-state index is 11.9. The summed E-state index contributed by atoms with van der Waals surface area (Å²) in [5.74, 6) is 0.142. The van der Waals surface area contributed by atoms with E-state index in [1.165, 1.54) is 0 Å². The molecule has 0 aromatic heterocycles. The maximum Gasteiger partial charge on any atom is 0.429 e. The van der Waals surface area contributed by atoms with Crippen molar-refractivity contribution in [1.29, 1.82) is 0 Å². The molecule has 1 heterocycles. The Bertz CT molecular complexity index is 371. The molecule has 9 heteroatoms. The van der Waals surface area contributed by atoms with Gasteiger partial charge in [0.1, 0.15) is 0 Å². The summed E-state index contributed by atoms with van der Waals surface area (Å²) in [5, 5.41) is 2.45. The third-order valence-corrected chi connectivity index (χ3v) is 5.60. The molecule has 3 N–H and O–H groups in total. The lowest BCUT2D eigenvalue weighted by Crippen LogP contribution is -2.46. The summed E-state index contributed by atoms with van der Waals surface area (Å²) < 4.78 is -1.11. The number of imide groups is 1. The van der Waals surface area contributed by atoms with Gasteiger partial charge in [-0.1, -0.05) is 0 Å². The molecule has 0 radical (unpaired) electrons. The minimum absolute atomic E-state index is 0.467. The van der Waals surface area contributed by atoms with E-state index < -0.39 is 28.9 Å². The molecule has 1 fully saturated rings. The van der Waals surface area contributed by atoms with E-state index in [-0.39, 0.29) is 0 Å². The van der Waals surface area contributed by atoms with Gasteiger partial charge < -0.3 is 9.79 Å². The molecule has 0 aromatic rings. The number of nitrogens with one attached hydrogen (secondary N) is 1. The van der Waals surface area contributed by atoms with Crippen LogP contribution in [0.15, 0.2) is 0 Å². The van der Waals surface area contributed by atoms with Crippen molar-refractivity contribution in [1.82, 2.24) is 5.32 Å². The van der Waals surface area contributed by atoms with Gasteiger partial charge in [0.15, 0.2) is 6.04 Å². The molecule has 0 spiro atoms. The van der Waals surface area contributed by atoms with Gasteiger partial charge in [-0.2, -0.15) is 11.8 Å². The van der Waals surface area contributed by atoms with Crippen LogP contribution in [0.1, 0.15) is 6.42 Å². The van der Waals surface area contributed by atoms with Crippen molar-refractivity contribution < 1.29 is 23.6 Å². The molecule has 0 bridgehead atoms. The van der Waals surface area contributed by atoms with Gasteiger partial charge in [0.2, 0.25) is 0 Å². The van der Waals surface area contributed by atoms with Crippen LogP contribution in [0.5, 0.6) is 0 Å². The number of hydrogen-bond donors (Lipinski definition) is 3. The molecule has 3 amide bonds. The second-order valence-corrected chi connectivity index (χ2v) is 7.88. The normalized spacial score (nSPS) is 30.6. The van der Waals surface area contributed by atoms with Gasteiger partial charge >= 0.3 is 18.6 Å². The first kappa shape index (κ1) is 14.1. The van der Waals surface area contributed by atoms with Crippen LogP contribution in [-0.2, 0) is 16.6 Å². The lowest BCUT2D eigenvalue weighted by molar-refractivity contribution is -0.622. The second-order valence-electron chi connectivity index (χ2n) is 3.59. The van der Waals surface area contributed by atoms with E-state index >= 15 is 0 Å². The molecule has 1 rings (SSSR count). The van der Waals surface area contributed by atoms with Crippen LogP contribution in [0.25, 0.3) is 0 Å². The van der Waals surface area contributed by atoms with Gasteiger partial charge in [-0.3, -0.25) is 5.32 Å². The molecule has 6 nitrogen and oxygen atoms in total. The van der Waals surface area contributed by atoms with Crippen molar-refractivity contribution in [3.05, 3.63) is 0 Å². The van der Waals surface area contributed by atoms with E-state index in [9.17, 15) is 19.4 Å². The highest BCUT2D eigenvalue weighted by atomic mass is 32.5. The number of hydrogen-bond acceptors (Lipinski definition) is 4. The second kappa shape index (κ2) is 4.72. The Hall–Kier alpha value is 0.0200. The number of likely N-dealkylation sites (N-methyl/N-ethyl adjacent to an activating group) is 1. The Labute approximate surface area is 103 Å². The monoisotopic (exact) mass is 285 g/mol. The van der Waals surface area contributed by atoms with Gasteiger partial charge in [0.05, 0.1) is 7.05 Å². The number of thioether (sulfide) groups is 1. The molecule has 1 aliphatic heterocycles. The lowest BCUT2D eigenvalue weighted by Gasteiger charge is -2.24. The quantitative estimate of drug-likeness (QED) is 0.498. The van der Waals surface area contributed by atoms with Crippen LogP contribution in [0.2, 0.25) is 0 Å². The van der Waals surface area contributed by atoms with Gasteiger partial charge in [-0.15, -0.1) is 4.25 Å². The Morgan fingerprint density at radius 3 is 2.50 bits per heavy atom. The standard InChI is InChI=1S/C7H13N2O4PS2/c1-9(14(12,13)15)6(10)5(3-4-16-2)8-7(9)11/h5H,3-4H2,1-2H3,(H2-,8,11,12,13,15)/p+1. The number of rotatable bonds is 4. The van der Waals surface area contributed by atoms with Crippen LogP contribution in [-0.4, -0.2) is 51.1 Å². The number of carbonyl (C=O) groups excluding carboxylic acids is 2. The predicted octanol–water partition coefficient (Wildman–Crippen LogP) is 0.0136. The number of carbonyl (C=O) groups is 2. The number of amides is 3. The maximum absolute atomic E-state index is 11.9. The van der Waals surface area contributed by atoms with Crippen molar-refractivity contribution >= 4 is 42.1 Å². The van der Waals surface area contributed by atoms with Crippen LogP contribution < -0.4 is 5.32 Å². The molecular weight excluding hydrogens is 271 g/mol. The molecule has 1 aliphatic rings. The predicted molar refractivity (Wildman–Crippen MR) is 65.2 cm³/mol. The Morgan fingerprint density at radius 2 is 2.12 bits per heavy atom. The molecule has 2 atom stereocenters. The minimum atomic E-state index is -4.00. The summed E-state index contributed by atoms with van der Waals surface area (Å²) in [7, 11) is 1.15. The smallest absolute Gasteiger partial charge is 0.301 e. The topological polar surface area (TPSA) is 86.6 Å². The summed E-state index contributed by atoms with van der Waals surface area (Å²) in [5.41, 5.74) is 0. The first-order valence-corrected chi connectivity index (χ1v) is 8.57. The van der Waals surface area contributed by atoms with E-state index in [0.717, 1.165) is 7.05 Å². The molecule has 1 saturated heterocycles. The molecule has 0 aromatic carbocycles. The zero-order chi connectivity index (χ0) is 12.6. The zero-order valence-corrected chi connectivity index (χ0v) is 11.4. The summed E-state index contributed by atoms with van der Waals surface area (Å²) in [6.07, 6.45) is 2.35. The first-order chi connectivity index (χ1) is 7.25. The van der Waals surface area contributed by atoms with E-state index in [0.29, 0.717) is 12.2 Å². The van der Waals surface area contributed by atoms with Gasteiger partial charge in [-0.05, 0) is 18.4 Å². The van der Waals surface area contributed by atoms with Gasteiger partial charge in [0.25, 0.3) is 0 Å². The fourth-order valence-electron chi connectivity index (χ4n) is 1.42. The Kier molecular flexibility index (Phi) is 4.15. The van der Waals surface area contributed by atoms with E-state index in [1.54, 1.807) is 11.8 Å². The van der Waals surface area contributed by atoms with Crippen molar-refractivity contribution in [2.45, 2.75) is 12.5 Å². The van der Waals surface area contributed by atoms with Crippen molar-refractivity contribution in [2.24, 2.45) is 0 Å². The number of quaternary nitrogens is 1. The van der Waals surface area contributed by atoms with Gasteiger partial charge in [-0.25, -0.2) is 9.59 Å². The SMILES string of the molecule is CSCCC1NC(=O)[N+](C)(P(O)(O)=S)C1=O.